The number of H-pyrrole nitrogens is 1. The standard InChI is InChI=1S/C21H19FN6OS/c22-15-6-12(5-14(8-15)16-9-23-11-30-16)7-17(29)26-20-18-21(25-10-24-20)28-19(27-18)13-3-1-2-4-13/h5-6,8-11,13H,1-4,7H2,(H2,24,25,26,27,28,29). The van der Waals surface area contributed by atoms with Crippen LogP contribution in [0.25, 0.3) is 21.6 Å². The highest BCUT2D eigenvalue weighted by molar-refractivity contribution is 7.13. The second kappa shape index (κ2) is 7.91. The van der Waals surface area contributed by atoms with Gasteiger partial charge in [-0.05, 0) is 42.2 Å². The van der Waals surface area contributed by atoms with Gasteiger partial charge in [-0.15, -0.1) is 11.3 Å². The van der Waals surface area contributed by atoms with E-state index in [2.05, 4.69) is 30.2 Å². The number of aromatic nitrogens is 5. The predicted octanol–water partition coefficient (Wildman–Crippen LogP) is 4.45. The van der Waals surface area contributed by atoms with Gasteiger partial charge >= 0.3 is 0 Å². The molecule has 0 spiro atoms. The summed E-state index contributed by atoms with van der Waals surface area (Å²) in [5.74, 6) is 1.02. The third-order valence-corrected chi connectivity index (χ3v) is 6.17. The van der Waals surface area contributed by atoms with Gasteiger partial charge in [0.1, 0.15) is 23.5 Å². The molecule has 0 atom stereocenters. The molecule has 0 radical (unpaired) electrons. The maximum absolute atomic E-state index is 14.1. The Morgan fingerprint density at radius 3 is 2.90 bits per heavy atom. The Morgan fingerprint density at radius 2 is 2.10 bits per heavy atom. The summed E-state index contributed by atoms with van der Waals surface area (Å²) in [4.78, 5) is 33.8. The van der Waals surface area contributed by atoms with Crippen molar-refractivity contribution in [2.75, 3.05) is 5.32 Å². The minimum absolute atomic E-state index is 0.0265. The number of rotatable bonds is 5. The number of aromatic amines is 1. The van der Waals surface area contributed by atoms with E-state index in [1.165, 1.54) is 42.6 Å². The van der Waals surface area contributed by atoms with Crippen molar-refractivity contribution in [3.63, 3.8) is 0 Å². The zero-order valence-electron chi connectivity index (χ0n) is 16.1. The first kappa shape index (κ1) is 18.8. The van der Waals surface area contributed by atoms with Gasteiger partial charge in [-0.2, -0.15) is 0 Å². The van der Waals surface area contributed by atoms with Crippen LogP contribution in [0, 0.1) is 5.82 Å². The number of hydrogen-bond acceptors (Lipinski definition) is 6. The SMILES string of the molecule is O=C(Cc1cc(F)cc(-c2cncs2)c1)Nc1ncnc2nc(C3CCCC3)[nH]c12. The number of thiazole rings is 1. The van der Waals surface area contributed by atoms with E-state index in [0.29, 0.717) is 34.0 Å². The van der Waals surface area contributed by atoms with Gasteiger partial charge in [0, 0.05) is 12.1 Å². The first-order chi connectivity index (χ1) is 14.7. The molecule has 1 amide bonds. The molecule has 9 heteroatoms. The number of halogens is 1. The average Bonchev–Trinajstić information content (AvgIpc) is 3.47. The third-order valence-electron chi connectivity index (χ3n) is 5.35. The molecule has 3 heterocycles. The van der Waals surface area contributed by atoms with Gasteiger partial charge in [-0.1, -0.05) is 12.8 Å². The molecule has 1 aliphatic carbocycles. The molecule has 1 aromatic carbocycles. The van der Waals surface area contributed by atoms with Crippen LogP contribution in [-0.2, 0) is 11.2 Å². The molecular weight excluding hydrogens is 403 g/mol. The maximum Gasteiger partial charge on any atom is 0.230 e. The summed E-state index contributed by atoms with van der Waals surface area (Å²) in [7, 11) is 0. The normalized spacial score (nSPS) is 14.4. The molecule has 0 aliphatic heterocycles. The largest absolute Gasteiger partial charge is 0.337 e. The average molecular weight is 422 g/mol. The van der Waals surface area contributed by atoms with E-state index in [1.807, 2.05) is 0 Å². The molecule has 1 fully saturated rings. The van der Waals surface area contributed by atoms with Crippen LogP contribution in [0.4, 0.5) is 10.2 Å². The summed E-state index contributed by atoms with van der Waals surface area (Å²) < 4.78 is 14.1. The van der Waals surface area contributed by atoms with Crippen LogP contribution in [0.3, 0.4) is 0 Å². The number of hydrogen-bond donors (Lipinski definition) is 2. The minimum Gasteiger partial charge on any atom is -0.337 e. The zero-order valence-corrected chi connectivity index (χ0v) is 16.9. The predicted molar refractivity (Wildman–Crippen MR) is 113 cm³/mol. The Bertz CT molecular complexity index is 1200. The molecular formula is C21H19FN6OS. The number of nitrogens with one attached hydrogen (secondary N) is 2. The van der Waals surface area contributed by atoms with Gasteiger partial charge in [-0.25, -0.2) is 19.3 Å². The van der Waals surface area contributed by atoms with Crippen LogP contribution in [0.1, 0.15) is 43.0 Å². The van der Waals surface area contributed by atoms with E-state index >= 15 is 0 Å². The van der Waals surface area contributed by atoms with E-state index in [4.69, 9.17) is 0 Å². The first-order valence-electron chi connectivity index (χ1n) is 9.84. The molecule has 30 heavy (non-hydrogen) atoms. The lowest BCUT2D eigenvalue weighted by molar-refractivity contribution is -0.115. The maximum atomic E-state index is 14.1. The number of carbonyl (C=O) groups is 1. The Morgan fingerprint density at radius 1 is 1.23 bits per heavy atom. The van der Waals surface area contributed by atoms with Crippen molar-refractivity contribution in [1.29, 1.82) is 0 Å². The van der Waals surface area contributed by atoms with Crippen LogP contribution in [0.5, 0.6) is 0 Å². The molecule has 1 saturated carbocycles. The molecule has 4 aromatic rings. The third kappa shape index (κ3) is 3.80. The van der Waals surface area contributed by atoms with Crippen molar-refractivity contribution in [3.05, 3.63) is 53.4 Å². The Balaban J connectivity index is 1.36. The van der Waals surface area contributed by atoms with Crippen LogP contribution >= 0.6 is 11.3 Å². The highest BCUT2D eigenvalue weighted by atomic mass is 32.1. The van der Waals surface area contributed by atoms with Crippen molar-refractivity contribution in [2.45, 2.75) is 38.0 Å². The fourth-order valence-electron chi connectivity index (χ4n) is 3.95. The summed E-state index contributed by atoms with van der Waals surface area (Å²) in [6.07, 6.45) is 7.72. The number of amides is 1. The fraction of sp³-hybridized carbons (Fsp3) is 0.286. The monoisotopic (exact) mass is 422 g/mol. The first-order valence-corrected chi connectivity index (χ1v) is 10.7. The van der Waals surface area contributed by atoms with Gasteiger partial charge in [0.2, 0.25) is 5.91 Å². The van der Waals surface area contributed by atoms with Gasteiger partial charge in [0.15, 0.2) is 11.5 Å². The van der Waals surface area contributed by atoms with E-state index in [0.717, 1.165) is 23.5 Å². The van der Waals surface area contributed by atoms with Crippen LogP contribution < -0.4 is 5.32 Å². The molecule has 0 unspecified atom stereocenters. The Labute approximate surface area is 175 Å². The topological polar surface area (TPSA) is 96.5 Å². The highest BCUT2D eigenvalue weighted by Crippen LogP contribution is 2.33. The van der Waals surface area contributed by atoms with Crippen LogP contribution in [0.2, 0.25) is 0 Å². The van der Waals surface area contributed by atoms with E-state index in [1.54, 1.807) is 17.8 Å². The van der Waals surface area contributed by atoms with Gasteiger partial charge in [0.05, 0.1) is 16.8 Å². The fourth-order valence-corrected chi connectivity index (χ4v) is 4.56. The molecule has 3 aromatic heterocycles. The summed E-state index contributed by atoms with van der Waals surface area (Å²) in [5, 5.41) is 2.82. The van der Waals surface area contributed by atoms with Crippen molar-refractivity contribution in [1.82, 2.24) is 24.9 Å². The van der Waals surface area contributed by atoms with Crippen molar-refractivity contribution in [3.8, 4) is 10.4 Å². The summed E-state index contributed by atoms with van der Waals surface area (Å²) >= 11 is 1.42. The summed E-state index contributed by atoms with van der Waals surface area (Å²) in [5.41, 5.74) is 4.15. The van der Waals surface area contributed by atoms with Crippen LogP contribution in [-0.4, -0.2) is 30.8 Å². The van der Waals surface area contributed by atoms with Crippen molar-refractivity contribution in [2.24, 2.45) is 0 Å². The van der Waals surface area contributed by atoms with E-state index < -0.39 is 0 Å². The minimum atomic E-state index is -0.386. The van der Waals surface area contributed by atoms with E-state index in [-0.39, 0.29) is 18.1 Å². The number of fused-ring (bicyclic) bond motifs is 1. The van der Waals surface area contributed by atoms with Gasteiger partial charge in [-0.3, -0.25) is 9.78 Å². The number of carbonyl (C=O) groups excluding carboxylic acids is 1. The van der Waals surface area contributed by atoms with Crippen molar-refractivity contribution >= 4 is 34.2 Å². The second-order valence-electron chi connectivity index (χ2n) is 7.46. The lowest BCUT2D eigenvalue weighted by Gasteiger charge is -2.07. The summed E-state index contributed by atoms with van der Waals surface area (Å²) in [6.45, 7) is 0. The van der Waals surface area contributed by atoms with E-state index in [9.17, 15) is 9.18 Å². The zero-order chi connectivity index (χ0) is 20.5. The highest BCUT2D eigenvalue weighted by Gasteiger charge is 2.22. The lowest BCUT2D eigenvalue weighted by Crippen LogP contribution is -2.16. The Kier molecular flexibility index (Phi) is 4.96. The van der Waals surface area contributed by atoms with Gasteiger partial charge in [0.25, 0.3) is 0 Å². The molecule has 2 N–H and O–H groups in total. The molecule has 0 bridgehead atoms. The molecule has 0 saturated heterocycles. The number of imidazole rings is 1. The van der Waals surface area contributed by atoms with Crippen LogP contribution in [0.15, 0.2) is 36.2 Å². The number of anilines is 1. The van der Waals surface area contributed by atoms with Gasteiger partial charge < -0.3 is 10.3 Å². The number of nitrogens with zero attached hydrogens (tertiary/aromatic N) is 4. The molecule has 7 nitrogen and oxygen atoms in total. The molecule has 5 rings (SSSR count). The lowest BCUT2D eigenvalue weighted by atomic mass is 10.1. The van der Waals surface area contributed by atoms with Crippen molar-refractivity contribution < 1.29 is 9.18 Å². The second-order valence-corrected chi connectivity index (χ2v) is 8.35. The molecule has 1 aliphatic rings. The summed E-state index contributed by atoms with van der Waals surface area (Å²) in [6, 6.07) is 4.62. The Hall–Kier alpha value is -3.20. The molecule has 152 valence electrons. The number of benzene rings is 1. The smallest absolute Gasteiger partial charge is 0.230 e. The quantitative estimate of drug-likeness (QED) is 0.495.